The number of hydrogen-bond acceptors (Lipinski definition) is 1. The van der Waals surface area contributed by atoms with Crippen molar-refractivity contribution in [3.05, 3.63) is 34.9 Å². The van der Waals surface area contributed by atoms with E-state index in [2.05, 4.69) is 6.92 Å². The monoisotopic (exact) mass is 434 g/mol. The fourth-order valence-electron chi connectivity index (χ4n) is 6.05. The largest absolute Gasteiger partial charge is 0.364 e. The minimum atomic E-state index is -4.36. The van der Waals surface area contributed by atoms with E-state index >= 15 is 17.6 Å². The van der Waals surface area contributed by atoms with Gasteiger partial charge in [-0.05, 0) is 62.8 Å². The maximum atomic E-state index is 15.4. The summed E-state index contributed by atoms with van der Waals surface area (Å²) in [5, 5.41) is 0. The third kappa shape index (κ3) is 2.86. The molecule has 0 saturated heterocycles. The first kappa shape index (κ1) is 22.0. The lowest BCUT2D eigenvalue weighted by atomic mass is 9.48. The van der Waals surface area contributed by atoms with Crippen LogP contribution in [0, 0.1) is 35.8 Å². The molecule has 30 heavy (non-hydrogen) atoms. The molecule has 0 aromatic heterocycles. The van der Waals surface area contributed by atoms with Gasteiger partial charge in [0.15, 0.2) is 11.6 Å². The minimum Gasteiger partial charge on any atom is -0.364 e. The molecule has 4 aliphatic rings. The molecule has 4 fully saturated rings. The fraction of sp³-hybridized carbons (Fsp3) is 0.739. The third-order valence-electron chi connectivity index (χ3n) is 8.20. The second-order valence-corrected chi connectivity index (χ2v) is 9.71. The Balaban J connectivity index is 1.59. The Bertz CT molecular complexity index is 804. The Morgan fingerprint density at radius 1 is 0.867 bits per heavy atom. The SMILES string of the molecule is Cc1ccc(COC23CCC(C4CCC(C)CC4)(CC2)C(F)(F)C3(F)F)c(F)c1F. The van der Waals surface area contributed by atoms with E-state index in [4.69, 9.17) is 4.74 Å². The number of aryl methyl sites for hydroxylation is 1. The van der Waals surface area contributed by atoms with Gasteiger partial charge in [-0.1, -0.05) is 31.9 Å². The van der Waals surface area contributed by atoms with Gasteiger partial charge in [0.05, 0.1) is 6.61 Å². The number of rotatable bonds is 4. The highest BCUT2D eigenvalue weighted by Gasteiger charge is 2.83. The van der Waals surface area contributed by atoms with Crippen LogP contribution in [0.15, 0.2) is 12.1 Å². The summed E-state index contributed by atoms with van der Waals surface area (Å²) in [5.41, 5.74) is -4.22. The summed E-state index contributed by atoms with van der Waals surface area (Å²) in [5.74, 6) is -10.8. The molecule has 1 aromatic rings. The highest BCUT2D eigenvalue weighted by molar-refractivity contribution is 5.26. The van der Waals surface area contributed by atoms with Gasteiger partial charge in [0.1, 0.15) is 5.60 Å². The van der Waals surface area contributed by atoms with Crippen molar-refractivity contribution < 1.29 is 31.1 Å². The van der Waals surface area contributed by atoms with Crippen molar-refractivity contribution in [3.8, 4) is 0 Å². The maximum absolute atomic E-state index is 15.4. The van der Waals surface area contributed by atoms with Crippen molar-refractivity contribution in [2.45, 2.75) is 89.3 Å². The smallest absolute Gasteiger partial charge is 0.338 e. The molecule has 7 heteroatoms. The van der Waals surface area contributed by atoms with Crippen molar-refractivity contribution in [3.63, 3.8) is 0 Å². The van der Waals surface area contributed by atoms with Gasteiger partial charge in [-0.3, -0.25) is 0 Å². The van der Waals surface area contributed by atoms with Crippen molar-refractivity contribution in [2.24, 2.45) is 17.3 Å². The van der Waals surface area contributed by atoms with Gasteiger partial charge in [0.2, 0.25) is 0 Å². The summed E-state index contributed by atoms with van der Waals surface area (Å²) in [7, 11) is 0. The summed E-state index contributed by atoms with van der Waals surface area (Å²) < 4.78 is 94.8. The number of fused-ring (bicyclic) bond motifs is 3. The predicted molar refractivity (Wildman–Crippen MR) is 101 cm³/mol. The normalized spacial score (nSPS) is 37.3. The highest BCUT2D eigenvalue weighted by Crippen LogP contribution is 2.71. The molecule has 0 heterocycles. The van der Waals surface area contributed by atoms with Gasteiger partial charge in [-0.15, -0.1) is 0 Å². The summed E-state index contributed by atoms with van der Waals surface area (Å²) >= 11 is 0. The van der Waals surface area contributed by atoms with Crippen LogP contribution in [0.25, 0.3) is 0 Å². The lowest BCUT2D eigenvalue weighted by molar-refractivity contribution is -0.402. The van der Waals surface area contributed by atoms with Gasteiger partial charge >= 0.3 is 11.8 Å². The van der Waals surface area contributed by atoms with Gasteiger partial charge in [-0.2, -0.15) is 17.6 Å². The molecule has 0 unspecified atom stereocenters. The Hall–Kier alpha value is -1.24. The Morgan fingerprint density at radius 3 is 2.07 bits per heavy atom. The molecule has 0 aliphatic heterocycles. The maximum Gasteiger partial charge on any atom is 0.338 e. The number of hydrogen-bond donors (Lipinski definition) is 0. The number of alkyl halides is 4. The molecule has 5 rings (SSSR count). The molecule has 1 aromatic carbocycles. The molecule has 0 radical (unpaired) electrons. The summed E-state index contributed by atoms with van der Waals surface area (Å²) in [6, 6.07) is 2.57. The molecule has 0 N–H and O–H groups in total. The van der Waals surface area contributed by atoms with Crippen LogP contribution < -0.4 is 0 Å². The number of halogens is 6. The first-order valence-electron chi connectivity index (χ1n) is 10.8. The minimum absolute atomic E-state index is 0.0284. The van der Waals surface area contributed by atoms with Crippen LogP contribution in [0.4, 0.5) is 26.3 Å². The van der Waals surface area contributed by atoms with Crippen LogP contribution in [0.1, 0.15) is 69.4 Å². The van der Waals surface area contributed by atoms with E-state index in [1.54, 1.807) is 0 Å². The second-order valence-electron chi connectivity index (χ2n) is 9.71. The zero-order chi connectivity index (χ0) is 21.9. The summed E-state index contributed by atoms with van der Waals surface area (Å²) in [6.45, 7) is 2.78. The van der Waals surface area contributed by atoms with Crippen LogP contribution in [0.5, 0.6) is 0 Å². The second kappa shape index (κ2) is 7.14. The van der Waals surface area contributed by atoms with Crippen LogP contribution in [0.2, 0.25) is 0 Å². The third-order valence-corrected chi connectivity index (χ3v) is 8.20. The number of benzene rings is 1. The standard InChI is InChI=1S/C23H28F6O/c1-14-3-7-17(8-4-14)20-9-11-21(12-10-20,23(28,29)22(20,26)27)30-13-16-6-5-15(2)18(24)19(16)25/h5-6,14,17H,3-4,7-13H2,1-2H3. The average molecular weight is 434 g/mol. The van der Waals surface area contributed by atoms with E-state index in [1.807, 2.05) is 0 Å². The van der Waals surface area contributed by atoms with Crippen molar-refractivity contribution in [1.29, 1.82) is 0 Å². The molecule has 0 spiro atoms. The predicted octanol–water partition coefficient (Wildman–Crippen LogP) is 7.20. The molecule has 0 amide bonds. The van der Waals surface area contributed by atoms with E-state index in [9.17, 15) is 8.78 Å². The van der Waals surface area contributed by atoms with E-state index in [1.165, 1.54) is 19.1 Å². The van der Waals surface area contributed by atoms with E-state index < -0.39 is 47.0 Å². The van der Waals surface area contributed by atoms with Crippen molar-refractivity contribution >= 4 is 0 Å². The summed E-state index contributed by atoms with van der Waals surface area (Å²) in [4.78, 5) is 0. The Labute approximate surface area is 173 Å². The molecule has 2 bridgehead atoms. The number of ether oxygens (including phenoxy) is 1. The van der Waals surface area contributed by atoms with Crippen LogP contribution in [0.3, 0.4) is 0 Å². The van der Waals surface area contributed by atoms with Crippen molar-refractivity contribution in [2.75, 3.05) is 0 Å². The van der Waals surface area contributed by atoms with Gasteiger partial charge in [0, 0.05) is 11.0 Å². The zero-order valence-electron chi connectivity index (χ0n) is 17.3. The van der Waals surface area contributed by atoms with Gasteiger partial charge < -0.3 is 4.74 Å². The molecular weight excluding hydrogens is 406 g/mol. The lowest BCUT2D eigenvalue weighted by Crippen LogP contribution is -2.75. The van der Waals surface area contributed by atoms with E-state index in [0.717, 1.165) is 12.8 Å². The molecule has 4 aliphatic carbocycles. The summed E-state index contributed by atoms with van der Waals surface area (Å²) in [6.07, 6.45) is 2.22. The van der Waals surface area contributed by atoms with Gasteiger partial charge in [-0.25, -0.2) is 8.78 Å². The zero-order valence-corrected chi connectivity index (χ0v) is 17.3. The van der Waals surface area contributed by atoms with E-state index in [-0.39, 0.29) is 36.8 Å². The Morgan fingerprint density at radius 2 is 1.47 bits per heavy atom. The first-order valence-corrected chi connectivity index (χ1v) is 10.8. The van der Waals surface area contributed by atoms with Crippen LogP contribution >= 0.6 is 0 Å². The van der Waals surface area contributed by atoms with Gasteiger partial charge in [0.25, 0.3) is 0 Å². The molecule has 0 atom stereocenters. The molecule has 168 valence electrons. The molecule has 1 nitrogen and oxygen atoms in total. The molecule has 4 saturated carbocycles. The Kier molecular flexibility index (Phi) is 5.23. The quantitative estimate of drug-likeness (QED) is 0.456. The highest BCUT2D eigenvalue weighted by atomic mass is 19.3. The topological polar surface area (TPSA) is 9.23 Å². The van der Waals surface area contributed by atoms with Crippen LogP contribution in [-0.4, -0.2) is 17.4 Å². The average Bonchev–Trinajstić information content (AvgIpc) is 2.71. The first-order chi connectivity index (χ1) is 14.0. The lowest BCUT2D eigenvalue weighted by Gasteiger charge is -2.63. The van der Waals surface area contributed by atoms with Crippen LogP contribution in [-0.2, 0) is 11.3 Å². The van der Waals surface area contributed by atoms with E-state index in [0.29, 0.717) is 18.8 Å². The molecular formula is C23H28F6O. The fourth-order valence-corrected chi connectivity index (χ4v) is 6.05. The van der Waals surface area contributed by atoms with Crippen molar-refractivity contribution in [1.82, 2.24) is 0 Å².